The molecular formula is C11H13O2. The van der Waals surface area contributed by atoms with Crippen LogP contribution in [0.2, 0.25) is 0 Å². The number of aryl methyl sites for hydroxylation is 1. The summed E-state index contributed by atoms with van der Waals surface area (Å²) in [6.45, 7) is 0. The summed E-state index contributed by atoms with van der Waals surface area (Å²) < 4.78 is 4.30. The number of hydrogen-bond acceptors (Lipinski definition) is 2. The van der Waals surface area contributed by atoms with E-state index < -0.39 is 0 Å². The van der Waals surface area contributed by atoms with Crippen molar-refractivity contribution in [1.82, 2.24) is 0 Å². The second kappa shape index (κ2) is 5.36. The summed E-state index contributed by atoms with van der Waals surface area (Å²) in [6.07, 6.45) is 2.17. The highest BCUT2D eigenvalue weighted by atomic mass is 16.5. The Bertz CT molecular complexity index is 254. The molecule has 2 nitrogen and oxygen atoms in total. The molecule has 0 amide bonds. The predicted molar refractivity (Wildman–Crippen MR) is 50.8 cm³/mol. The average molecular weight is 177 g/mol. The van der Waals surface area contributed by atoms with Crippen molar-refractivity contribution < 1.29 is 9.53 Å². The molecule has 0 saturated carbocycles. The molecule has 2 heteroatoms. The fraction of sp³-hybridized carbons (Fsp3) is 0.273. The number of esters is 1. The van der Waals surface area contributed by atoms with Gasteiger partial charge in [0, 0.05) is 6.42 Å². The van der Waals surface area contributed by atoms with Gasteiger partial charge < -0.3 is 4.74 Å². The highest BCUT2D eigenvalue weighted by Gasteiger charge is 1.99. The zero-order valence-electron chi connectivity index (χ0n) is 7.53. The number of carbonyl (C=O) groups excluding carboxylic acids is 1. The highest BCUT2D eigenvalue weighted by molar-refractivity contribution is 5.69. The molecule has 0 aliphatic carbocycles. The Kier molecular flexibility index (Phi) is 4.03. The van der Waals surface area contributed by atoms with Gasteiger partial charge in [0.25, 0.3) is 0 Å². The summed E-state index contributed by atoms with van der Waals surface area (Å²) >= 11 is 0. The van der Waals surface area contributed by atoms with E-state index in [9.17, 15) is 4.79 Å². The molecule has 69 valence electrons. The molecule has 0 aliphatic rings. The SMILES string of the molecule is [CH2]OC(=O)CCCc1ccccc1. The summed E-state index contributed by atoms with van der Waals surface area (Å²) in [5.74, 6) is -0.240. The molecule has 0 bridgehead atoms. The van der Waals surface area contributed by atoms with Gasteiger partial charge in [-0.25, -0.2) is 0 Å². The standard InChI is InChI=1S/C11H13O2/c1-13-11(12)9-5-8-10-6-3-2-4-7-10/h2-4,6-7H,1,5,8-9H2. The summed E-state index contributed by atoms with van der Waals surface area (Å²) in [6, 6.07) is 10.1. The van der Waals surface area contributed by atoms with E-state index in [4.69, 9.17) is 0 Å². The molecule has 0 N–H and O–H groups in total. The minimum absolute atomic E-state index is 0.240. The van der Waals surface area contributed by atoms with Gasteiger partial charge in [0.05, 0.1) is 0 Å². The Morgan fingerprint density at radius 1 is 1.31 bits per heavy atom. The summed E-state index contributed by atoms with van der Waals surface area (Å²) in [7, 11) is 3.06. The smallest absolute Gasteiger partial charge is 0.305 e. The Morgan fingerprint density at radius 2 is 2.00 bits per heavy atom. The fourth-order valence-corrected chi connectivity index (χ4v) is 1.15. The van der Waals surface area contributed by atoms with Crippen molar-refractivity contribution in [3.05, 3.63) is 43.0 Å². The first kappa shape index (κ1) is 9.78. The normalized spacial score (nSPS) is 9.62. The second-order valence-corrected chi connectivity index (χ2v) is 2.86. The molecule has 0 fully saturated rings. The van der Waals surface area contributed by atoms with E-state index in [-0.39, 0.29) is 5.97 Å². The zero-order valence-corrected chi connectivity index (χ0v) is 7.53. The lowest BCUT2D eigenvalue weighted by Gasteiger charge is -1.99. The molecule has 0 aliphatic heterocycles. The molecule has 0 aromatic heterocycles. The van der Waals surface area contributed by atoms with Crippen molar-refractivity contribution in [2.45, 2.75) is 19.3 Å². The van der Waals surface area contributed by atoms with Crippen molar-refractivity contribution in [3.8, 4) is 0 Å². The van der Waals surface area contributed by atoms with Crippen LogP contribution in [0.25, 0.3) is 0 Å². The molecule has 1 rings (SSSR count). The number of ether oxygens (including phenoxy) is 1. The maximum Gasteiger partial charge on any atom is 0.305 e. The van der Waals surface area contributed by atoms with Crippen molar-refractivity contribution in [2.75, 3.05) is 0 Å². The number of rotatable bonds is 4. The van der Waals surface area contributed by atoms with Gasteiger partial charge in [-0.05, 0) is 18.4 Å². The summed E-state index contributed by atoms with van der Waals surface area (Å²) in [5, 5.41) is 0. The van der Waals surface area contributed by atoms with E-state index in [1.54, 1.807) is 0 Å². The molecular weight excluding hydrogens is 164 g/mol. The first-order chi connectivity index (χ1) is 6.33. The number of benzene rings is 1. The molecule has 13 heavy (non-hydrogen) atoms. The van der Waals surface area contributed by atoms with Gasteiger partial charge in [0.1, 0.15) is 7.11 Å². The van der Waals surface area contributed by atoms with Crippen LogP contribution in [-0.2, 0) is 16.0 Å². The maximum atomic E-state index is 10.7. The summed E-state index contributed by atoms with van der Waals surface area (Å²) in [4.78, 5) is 10.7. The van der Waals surface area contributed by atoms with Crippen LogP contribution in [0.5, 0.6) is 0 Å². The molecule has 1 aromatic carbocycles. The highest BCUT2D eigenvalue weighted by Crippen LogP contribution is 2.04. The van der Waals surface area contributed by atoms with Crippen LogP contribution in [-0.4, -0.2) is 5.97 Å². The van der Waals surface area contributed by atoms with E-state index in [0.717, 1.165) is 12.8 Å². The Balaban J connectivity index is 2.24. The molecule has 0 unspecified atom stereocenters. The molecule has 0 heterocycles. The van der Waals surface area contributed by atoms with Crippen LogP contribution in [0.3, 0.4) is 0 Å². The van der Waals surface area contributed by atoms with E-state index in [0.29, 0.717) is 6.42 Å². The van der Waals surface area contributed by atoms with E-state index in [1.807, 2.05) is 18.2 Å². The van der Waals surface area contributed by atoms with Crippen LogP contribution in [0.15, 0.2) is 30.3 Å². The Hall–Kier alpha value is -1.31. The van der Waals surface area contributed by atoms with Crippen molar-refractivity contribution in [3.63, 3.8) is 0 Å². The van der Waals surface area contributed by atoms with Crippen molar-refractivity contribution in [1.29, 1.82) is 0 Å². The third kappa shape index (κ3) is 3.74. The molecule has 0 atom stereocenters. The zero-order chi connectivity index (χ0) is 9.52. The largest absolute Gasteiger partial charge is 0.462 e. The van der Waals surface area contributed by atoms with Gasteiger partial charge in [-0.2, -0.15) is 0 Å². The van der Waals surface area contributed by atoms with Gasteiger partial charge in [0.2, 0.25) is 0 Å². The molecule has 0 spiro atoms. The Morgan fingerprint density at radius 3 is 2.62 bits per heavy atom. The van der Waals surface area contributed by atoms with Gasteiger partial charge in [-0.3, -0.25) is 4.79 Å². The van der Waals surface area contributed by atoms with E-state index in [1.165, 1.54) is 5.56 Å². The molecule has 1 aromatic rings. The minimum Gasteiger partial charge on any atom is -0.462 e. The Labute approximate surface area is 78.5 Å². The minimum atomic E-state index is -0.240. The van der Waals surface area contributed by atoms with E-state index in [2.05, 4.69) is 24.0 Å². The van der Waals surface area contributed by atoms with Gasteiger partial charge >= 0.3 is 5.97 Å². The van der Waals surface area contributed by atoms with Crippen molar-refractivity contribution >= 4 is 5.97 Å². The fourth-order valence-electron chi connectivity index (χ4n) is 1.15. The first-order valence-electron chi connectivity index (χ1n) is 4.31. The quantitative estimate of drug-likeness (QED) is 0.660. The molecule has 0 saturated heterocycles. The van der Waals surface area contributed by atoms with Crippen LogP contribution < -0.4 is 0 Å². The number of carbonyl (C=O) groups is 1. The van der Waals surface area contributed by atoms with Crippen LogP contribution in [0.4, 0.5) is 0 Å². The van der Waals surface area contributed by atoms with Crippen molar-refractivity contribution in [2.24, 2.45) is 0 Å². The van der Waals surface area contributed by atoms with Crippen LogP contribution in [0, 0.1) is 7.11 Å². The predicted octanol–water partition coefficient (Wildman–Crippen LogP) is 2.34. The second-order valence-electron chi connectivity index (χ2n) is 2.86. The molecule has 1 radical (unpaired) electrons. The lowest BCUT2D eigenvalue weighted by Crippen LogP contribution is -1.99. The van der Waals surface area contributed by atoms with Crippen LogP contribution >= 0.6 is 0 Å². The first-order valence-corrected chi connectivity index (χ1v) is 4.31. The third-order valence-corrected chi connectivity index (χ3v) is 1.85. The topological polar surface area (TPSA) is 26.3 Å². The van der Waals surface area contributed by atoms with Gasteiger partial charge in [-0.1, -0.05) is 30.3 Å². The van der Waals surface area contributed by atoms with Crippen LogP contribution in [0.1, 0.15) is 18.4 Å². The number of hydrogen-bond donors (Lipinski definition) is 0. The van der Waals surface area contributed by atoms with Gasteiger partial charge in [0.15, 0.2) is 0 Å². The maximum absolute atomic E-state index is 10.7. The monoisotopic (exact) mass is 177 g/mol. The lowest BCUT2D eigenvalue weighted by atomic mass is 10.1. The lowest BCUT2D eigenvalue weighted by molar-refractivity contribution is -0.138. The average Bonchev–Trinajstić information content (AvgIpc) is 2.19. The summed E-state index contributed by atoms with van der Waals surface area (Å²) in [5.41, 5.74) is 1.25. The van der Waals surface area contributed by atoms with E-state index >= 15 is 0 Å². The van der Waals surface area contributed by atoms with Gasteiger partial charge in [-0.15, -0.1) is 0 Å². The third-order valence-electron chi connectivity index (χ3n) is 1.85.